The number of aromatic hydroxyl groups is 1. The van der Waals surface area contributed by atoms with Gasteiger partial charge in [0.15, 0.2) is 5.75 Å². The molecule has 6 N–H and O–H groups in total. The van der Waals surface area contributed by atoms with E-state index in [1.165, 1.54) is 0 Å². The Morgan fingerprint density at radius 3 is 1.86 bits per heavy atom. The molecule has 0 aliphatic heterocycles. The highest BCUT2D eigenvalue weighted by atomic mass is 32.2. The van der Waals surface area contributed by atoms with Crippen LogP contribution in [0.25, 0.3) is 10.8 Å². The number of nitrogens with two attached hydrogens (primary N) is 1. The van der Waals surface area contributed by atoms with Gasteiger partial charge in [-0.15, -0.1) is 10.2 Å². The second-order valence-corrected chi connectivity index (χ2v) is 10.9. The number of hydrogen-bond donors (Lipinski definition) is 5. The van der Waals surface area contributed by atoms with Gasteiger partial charge in [0.1, 0.15) is 26.1 Å². The quantitative estimate of drug-likeness (QED) is 0.0971. The number of benzene rings is 3. The molecule has 0 amide bonds. The fourth-order valence-corrected chi connectivity index (χ4v) is 4.85. The molecule has 0 bridgehead atoms. The minimum Gasteiger partial charge on any atom is -0.505 e. The van der Waals surface area contributed by atoms with E-state index in [0.717, 1.165) is 18.2 Å². The van der Waals surface area contributed by atoms with Crippen LogP contribution in [-0.2, 0) is 30.4 Å². The summed E-state index contributed by atoms with van der Waals surface area (Å²) in [6.45, 7) is 0. The molecule has 0 spiro atoms. The van der Waals surface area contributed by atoms with Crippen molar-refractivity contribution in [1.29, 1.82) is 0 Å². The Morgan fingerprint density at radius 2 is 1.34 bits per heavy atom. The summed E-state index contributed by atoms with van der Waals surface area (Å²) in [4.78, 5) is 6.90. The zero-order valence-corrected chi connectivity index (χ0v) is 19.1. The molecule has 0 saturated carbocycles. The van der Waals surface area contributed by atoms with Gasteiger partial charge in [-0.1, -0.05) is 0 Å². The van der Waals surface area contributed by atoms with Crippen molar-refractivity contribution in [2.24, 2.45) is 10.2 Å². The second kappa shape index (κ2) is 8.48. The Balaban J connectivity index is 2.34. The molecule has 186 valence electrons. The van der Waals surface area contributed by atoms with E-state index in [1.807, 2.05) is 0 Å². The van der Waals surface area contributed by atoms with Crippen LogP contribution < -0.4 is 5.73 Å². The fraction of sp³-hybridized carbons (Fsp3) is 0. The molecule has 0 atom stereocenters. The standard InChI is InChI=1S/C16H12N4O12S3/c17-10-6-9-7(3-12(10)33(24,25)26)4-14(35(30,31)32)15(16(9)21)19-18-11-2-1-8(20(22)23)5-13(11)34(27,28)29/h1-6,21H,17H2,(H,24,25,26)(H,27,28,29)(H,30,31,32). The van der Waals surface area contributed by atoms with Crippen LogP contribution in [0.5, 0.6) is 5.75 Å². The van der Waals surface area contributed by atoms with Crippen LogP contribution in [0, 0.1) is 10.1 Å². The molecule has 0 saturated heterocycles. The van der Waals surface area contributed by atoms with E-state index >= 15 is 0 Å². The molecule has 3 rings (SSSR count). The van der Waals surface area contributed by atoms with E-state index in [9.17, 15) is 54.1 Å². The molecule has 0 fully saturated rings. The second-order valence-electron chi connectivity index (χ2n) is 6.72. The van der Waals surface area contributed by atoms with E-state index < -0.39 is 78.5 Å². The van der Waals surface area contributed by atoms with Crippen LogP contribution >= 0.6 is 0 Å². The highest BCUT2D eigenvalue weighted by Gasteiger charge is 2.25. The largest absolute Gasteiger partial charge is 0.505 e. The molecule has 3 aromatic carbocycles. The van der Waals surface area contributed by atoms with E-state index in [-0.39, 0.29) is 10.8 Å². The summed E-state index contributed by atoms with van der Waals surface area (Å²) in [6, 6.07) is 4.21. The number of hydrogen-bond acceptors (Lipinski definition) is 12. The Kier molecular flexibility index (Phi) is 6.27. The molecule has 0 unspecified atom stereocenters. The highest BCUT2D eigenvalue weighted by Crippen LogP contribution is 2.43. The van der Waals surface area contributed by atoms with Crippen molar-refractivity contribution in [2.45, 2.75) is 14.7 Å². The van der Waals surface area contributed by atoms with Crippen LogP contribution in [0.4, 0.5) is 22.7 Å². The summed E-state index contributed by atoms with van der Waals surface area (Å²) in [6.07, 6.45) is 0. The zero-order valence-electron chi connectivity index (χ0n) is 16.7. The van der Waals surface area contributed by atoms with Gasteiger partial charge in [-0.25, -0.2) is 0 Å². The Labute approximate surface area is 195 Å². The third-order valence-corrected chi connectivity index (χ3v) is 7.09. The normalized spacial score (nSPS) is 12.9. The summed E-state index contributed by atoms with van der Waals surface area (Å²) in [5.41, 5.74) is 2.60. The van der Waals surface area contributed by atoms with E-state index in [2.05, 4.69) is 10.2 Å². The lowest BCUT2D eigenvalue weighted by Crippen LogP contribution is -2.04. The van der Waals surface area contributed by atoms with Gasteiger partial charge in [0.25, 0.3) is 36.0 Å². The Hall–Kier alpha value is -3.75. The maximum absolute atomic E-state index is 11.9. The van der Waals surface area contributed by atoms with Gasteiger partial charge in [-0.05, 0) is 29.7 Å². The topological polar surface area (TPSA) is 277 Å². The number of rotatable bonds is 6. The monoisotopic (exact) mass is 548 g/mol. The number of fused-ring (bicyclic) bond motifs is 1. The summed E-state index contributed by atoms with van der Waals surface area (Å²) in [5.74, 6) is -1.01. The number of nitrogen functional groups attached to an aromatic ring is 1. The van der Waals surface area contributed by atoms with Crippen LogP contribution in [0.3, 0.4) is 0 Å². The van der Waals surface area contributed by atoms with Crippen molar-refractivity contribution in [2.75, 3.05) is 5.73 Å². The van der Waals surface area contributed by atoms with Gasteiger partial charge < -0.3 is 10.8 Å². The maximum Gasteiger partial charge on any atom is 0.297 e. The lowest BCUT2D eigenvalue weighted by Gasteiger charge is -2.11. The number of nitrogens with zero attached hydrogens (tertiary/aromatic N) is 3. The van der Waals surface area contributed by atoms with Crippen LogP contribution in [0.1, 0.15) is 0 Å². The Morgan fingerprint density at radius 1 is 0.800 bits per heavy atom. The Bertz CT molecular complexity index is 1770. The minimum atomic E-state index is -5.18. The summed E-state index contributed by atoms with van der Waals surface area (Å²) >= 11 is 0. The van der Waals surface area contributed by atoms with Crippen LogP contribution in [-0.4, -0.2) is 48.9 Å². The number of nitro groups is 1. The lowest BCUT2D eigenvalue weighted by atomic mass is 10.1. The average Bonchev–Trinajstić information content (AvgIpc) is 2.70. The average molecular weight is 548 g/mol. The predicted molar refractivity (Wildman–Crippen MR) is 117 cm³/mol. The molecule has 19 heteroatoms. The number of phenolic OH excluding ortho intramolecular Hbond substituents is 1. The van der Waals surface area contributed by atoms with Crippen molar-refractivity contribution in [3.05, 3.63) is 46.5 Å². The van der Waals surface area contributed by atoms with Crippen molar-refractivity contribution in [3.8, 4) is 5.75 Å². The van der Waals surface area contributed by atoms with Crippen LogP contribution in [0.2, 0.25) is 0 Å². The van der Waals surface area contributed by atoms with E-state index in [4.69, 9.17) is 5.73 Å². The molecule has 35 heavy (non-hydrogen) atoms. The molecular formula is C16H12N4O12S3. The predicted octanol–water partition coefficient (Wildman–Crippen LogP) is 2.19. The first-order valence-corrected chi connectivity index (χ1v) is 12.9. The molecule has 0 aromatic heterocycles. The fourth-order valence-electron chi connectivity index (χ4n) is 2.92. The van der Waals surface area contributed by atoms with Gasteiger partial charge in [-0.2, -0.15) is 25.3 Å². The first-order valence-electron chi connectivity index (χ1n) is 8.63. The van der Waals surface area contributed by atoms with Gasteiger partial charge in [-0.3, -0.25) is 23.8 Å². The first-order chi connectivity index (χ1) is 15.9. The smallest absolute Gasteiger partial charge is 0.297 e. The van der Waals surface area contributed by atoms with Gasteiger partial charge in [0.05, 0.1) is 10.6 Å². The number of phenols is 1. The number of azo groups is 1. The third-order valence-electron chi connectivity index (χ3n) is 4.43. The zero-order chi connectivity index (χ0) is 26.5. The summed E-state index contributed by atoms with van der Waals surface area (Å²) in [7, 11) is -15.1. The maximum atomic E-state index is 11.9. The molecule has 3 aromatic rings. The summed E-state index contributed by atoms with van der Waals surface area (Å²) in [5, 5.41) is 27.7. The van der Waals surface area contributed by atoms with Crippen molar-refractivity contribution in [3.63, 3.8) is 0 Å². The van der Waals surface area contributed by atoms with Crippen LogP contribution in [0.15, 0.2) is 61.3 Å². The highest BCUT2D eigenvalue weighted by molar-refractivity contribution is 7.86. The minimum absolute atomic E-state index is 0.310. The molecule has 0 aliphatic carbocycles. The van der Waals surface area contributed by atoms with Crippen molar-refractivity contribution >= 4 is 63.9 Å². The molecule has 16 nitrogen and oxygen atoms in total. The van der Waals surface area contributed by atoms with E-state index in [0.29, 0.717) is 18.2 Å². The number of non-ortho nitro benzene ring substituents is 1. The SMILES string of the molecule is Nc1cc2c(O)c(N=Nc3ccc([N+](=O)[O-])cc3S(=O)(=O)O)c(S(=O)(=O)O)cc2cc1S(=O)(=O)O. The third kappa shape index (κ3) is 5.18. The lowest BCUT2D eigenvalue weighted by molar-refractivity contribution is -0.385. The van der Waals surface area contributed by atoms with Crippen molar-refractivity contribution < 1.29 is 48.9 Å². The van der Waals surface area contributed by atoms with E-state index in [1.54, 1.807) is 0 Å². The molecular weight excluding hydrogens is 536 g/mol. The molecule has 0 aliphatic rings. The first kappa shape index (κ1) is 25.9. The number of anilines is 1. The summed E-state index contributed by atoms with van der Waals surface area (Å²) < 4.78 is 98.2. The van der Waals surface area contributed by atoms with Crippen molar-refractivity contribution in [1.82, 2.24) is 0 Å². The number of nitro benzene ring substituents is 1. The van der Waals surface area contributed by atoms with Gasteiger partial charge in [0.2, 0.25) is 0 Å². The molecule has 0 radical (unpaired) electrons. The van der Waals surface area contributed by atoms with Gasteiger partial charge in [0, 0.05) is 17.5 Å². The molecule has 0 heterocycles. The van der Waals surface area contributed by atoms with Gasteiger partial charge >= 0.3 is 0 Å².